The summed E-state index contributed by atoms with van der Waals surface area (Å²) in [6.45, 7) is 0.679. The number of aliphatic imine (C=N–C) groups is 1. The number of anilines is 1. The zero-order valence-corrected chi connectivity index (χ0v) is 22.3. The molecule has 0 spiro atoms. The molecular formula is C26H29FN6O5S. The van der Waals surface area contributed by atoms with E-state index in [1.807, 2.05) is 0 Å². The van der Waals surface area contributed by atoms with Crippen LogP contribution in [0.2, 0.25) is 0 Å². The Morgan fingerprint density at radius 1 is 1.05 bits per heavy atom. The highest BCUT2D eigenvalue weighted by molar-refractivity contribution is 7.92. The first-order chi connectivity index (χ1) is 18.8. The van der Waals surface area contributed by atoms with Crippen molar-refractivity contribution in [3.63, 3.8) is 0 Å². The van der Waals surface area contributed by atoms with E-state index in [0.29, 0.717) is 36.4 Å². The maximum Gasteiger partial charge on any atom is 0.269 e. The number of nitrogens with one attached hydrogen (secondary N) is 2. The molecule has 3 aromatic rings. The first kappa shape index (κ1) is 27.8. The number of sulfone groups is 1. The Morgan fingerprint density at radius 3 is 2.36 bits per heavy atom. The minimum Gasteiger partial charge on any atom is -0.494 e. The van der Waals surface area contributed by atoms with Crippen molar-refractivity contribution in [2.24, 2.45) is 4.99 Å². The van der Waals surface area contributed by atoms with Crippen molar-refractivity contribution in [2.75, 3.05) is 38.0 Å². The van der Waals surface area contributed by atoms with Crippen LogP contribution in [0.15, 0.2) is 65.9 Å². The van der Waals surface area contributed by atoms with Crippen molar-refractivity contribution in [1.29, 1.82) is 0 Å². The molecule has 1 saturated heterocycles. The lowest BCUT2D eigenvalue weighted by molar-refractivity contribution is 0.0943. The summed E-state index contributed by atoms with van der Waals surface area (Å²) in [7, 11) is -0.878. The SMILES string of the molecule is COc1cccc(OC)c1N=C(CS(=O)(=O)[C@@H]1CCCN(c2ncc(F)cn2)C1)NNC(=O)c1ccccc1. The second-order valence-electron chi connectivity index (χ2n) is 8.73. The number of aromatic nitrogens is 2. The number of carbonyl (C=O) groups is 1. The highest BCUT2D eigenvalue weighted by Crippen LogP contribution is 2.37. The average molecular weight is 557 g/mol. The van der Waals surface area contributed by atoms with Crippen molar-refractivity contribution in [2.45, 2.75) is 18.1 Å². The molecule has 1 atom stereocenters. The van der Waals surface area contributed by atoms with Gasteiger partial charge >= 0.3 is 0 Å². The van der Waals surface area contributed by atoms with Crippen LogP contribution < -0.4 is 25.2 Å². The molecule has 0 radical (unpaired) electrons. The number of nitrogens with zero attached hydrogens (tertiary/aromatic N) is 4. The van der Waals surface area contributed by atoms with Gasteiger partial charge in [-0.2, -0.15) is 0 Å². The molecule has 13 heteroatoms. The van der Waals surface area contributed by atoms with E-state index >= 15 is 0 Å². The molecule has 1 aliphatic heterocycles. The number of para-hydroxylation sites is 1. The fraction of sp³-hybridized carbons (Fsp3) is 0.308. The maximum atomic E-state index is 13.6. The second kappa shape index (κ2) is 12.5. The highest BCUT2D eigenvalue weighted by atomic mass is 32.2. The average Bonchev–Trinajstić information content (AvgIpc) is 2.96. The molecule has 0 unspecified atom stereocenters. The van der Waals surface area contributed by atoms with Crippen molar-refractivity contribution in [3.8, 4) is 11.5 Å². The van der Waals surface area contributed by atoms with Crippen LogP contribution in [-0.4, -0.2) is 68.4 Å². The van der Waals surface area contributed by atoms with E-state index in [0.717, 1.165) is 12.4 Å². The predicted molar refractivity (Wildman–Crippen MR) is 145 cm³/mol. The standard InChI is InChI=1S/C26H29FN6O5S/c1-37-21-11-6-12-22(38-2)24(21)30-23(31-32-25(34)18-8-4-3-5-9-18)17-39(35,36)20-10-7-13-33(16-20)26-28-14-19(27)15-29-26/h3-6,8-9,11-12,14-15,20H,7,10,13,16-17H2,1-2H3,(H,30,31)(H,32,34)/t20-/m1/s1. The lowest BCUT2D eigenvalue weighted by Gasteiger charge is -2.32. The lowest BCUT2D eigenvalue weighted by Crippen LogP contribution is -2.48. The molecule has 0 saturated carbocycles. The zero-order valence-electron chi connectivity index (χ0n) is 21.5. The molecule has 11 nitrogen and oxygen atoms in total. The van der Waals surface area contributed by atoms with E-state index in [9.17, 15) is 17.6 Å². The van der Waals surface area contributed by atoms with E-state index in [-0.39, 0.29) is 24.0 Å². The van der Waals surface area contributed by atoms with Gasteiger partial charge < -0.3 is 14.4 Å². The number of hydrazine groups is 1. The van der Waals surface area contributed by atoms with Gasteiger partial charge in [-0.25, -0.2) is 27.8 Å². The molecule has 39 heavy (non-hydrogen) atoms. The molecule has 2 N–H and O–H groups in total. The summed E-state index contributed by atoms with van der Waals surface area (Å²) in [6, 6.07) is 13.5. The van der Waals surface area contributed by atoms with Crippen molar-refractivity contribution < 1.29 is 27.1 Å². The summed E-state index contributed by atoms with van der Waals surface area (Å²) in [5.41, 5.74) is 5.86. The highest BCUT2D eigenvalue weighted by Gasteiger charge is 2.33. The number of amidine groups is 1. The van der Waals surface area contributed by atoms with E-state index in [1.54, 1.807) is 53.4 Å². The molecular weight excluding hydrogens is 527 g/mol. The van der Waals surface area contributed by atoms with Crippen LogP contribution in [0.5, 0.6) is 11.5 Å². The number of rotatable bonds is 8. The Kier molecular flexibility index (Phi) is 8.92. The number of hydrogen-bond donors (Lipinski definition) is 2. The van der Waals surface area contributed by atoms with Crippen molar-refractivity contribution in [3.05, 3.63) is 72.3 Å². The maximum absolute atomic E-state index is 13.6. The predicted octanol–water partition coefficient (Wildman–Crippen LogP) is 2.68. The van der Waals surface area contributed by atoms with E-state index in [1.165, 1.54) is 14.2 Å². The Morgan fingerprint density at radius 2 is 1.72 bits per heavy atom. The largest absolute Gasteiger partial charge is 0.494 e. The minimum atomic E-state index is -3.80. The van der Waals surface area contributed by atoms with Crippen LogP contribution in [0.3, 0.4) is 0 Å². The van der Waals surface area contributed by atoms with Gasteiger partial charge in [-0.05, 0) is 37.1 Å². The van der Waals surface area contributed by atoms with Gasteiger partial charge in [0.2, 0.25) is 5.95 Å². The van der Waals surface area contributed by atoms with Gasteiger partial charge in [0.25, 0.3) is 5.91 Å². The number of halogens is 1. The molecule has 2 heterocycles. The smallest absolute Gasteiger partial charge is 0.269 e. The minimum absolute atomic E-state index is 0.0303. The Hall–Kier alpha value is -4.26. The molecule has 0 aliphatic carbocycles. The number of carbonyl (C=O) groups excluding carboxylic acids is 1. The van der Waals surface area contributed by atoms with Crippen LogP contribution in [0.1, 0.15) is 23.2 Å². The Labute approximate surface area is 226 Å². The number of ether oxygens (including phenoxy) is 2. The van der Waals surface area contributed by atoms with Crippen LogP contribution in [0.25, 0.3) is 0 Å². The van der Waals surface area contributed by atoms with Gasteiger partial charge in [-0.1, -0.05) is 24.3 Å². The third-order valence-corrected chi connectivity index (χ3v) is 8.19. The lowest BCUT2D eigenvalue weighted by atomic mass is 10.1. The third kappa shape index (κ3) is 6.99. The Balaban J connectivity index is 1.60. The van der Waals surface area contributed by atoms with Gasteiger partial charge in [0, 0.05) is 18.7 Å². The van der Waals surface area contributed by atoms with E-state index < -0.39 is 32.6 Å². The summed E-state index contributed by atoms with van der Waals surface area (Å²) in [6.07, 6.45) is 3.09. The Bertz CT molecular complexity index is 1400. The summed E-state index contributed by atoms with van der Waals surface area (Å²) >= 11 is 0. The fourth-order valence-corrected chi connectivity index (χ4v) is 5.84. The van der Waals surface area contributed by atoms with Gasteiger partial charge in [-0.3, -0.25) is 15.6 Å². The van der Waals surface area contributed by atoms with E-state index in [2.05, 4.69) is 25.8 Å². The number of hydrogen-bond acceptors (Lipinski definition) is 9. The fourth-order valence-electron chi connectivity index (χ4n) is 4.15. The molecule has 1 aromatic heterocycles. The van der Waals surface area contributed by atoms with Crippen LogP contribution in [-0.2, 0) is 9.84 Å². The molecule has 2 aromatic carbocycles. The molecule has 1 amide bonds. The molecule has 0 bridgehead atoms. The number of amides is 1. The van der Waals surface area contributed by atoms with Gasteiger partial charge in [0.1, 0.15) is 28.8 Å². The number of benzene rings is 2. The number of piperidine rings is 1. The first-order valence-corrected chi connectivity index (χ1v) is 13.9. The third-order valence-electron chi connectivity index (χ3n) is 6.12. The summed E-state index contributed by atoms with van der Waals surface area (Å²) in [5.74, 6) is -0.599. The van der Waals surface area contributed by atoms with Crippen LogP contribution in [0.4, 0.5) is 16.0 Å². The normalized spacial score (nSPS) is 15.9. The summed E-state index contributed by atoms with van der Waals surface area (Å²) < 4.78 is 51.3. The first-order valence-electron chi connectivity index (χ1n) is 12.1. The summed E-state index contributed by atoms with van der Waals surface area (Å²) in [5, 5.41) is -0.767. The van der Waals surface area contributed by atoms with Crippen LogP contribution >= 0.6 is 0 Å². The van der Waals surface area contributed by atoms with Crippen LogP contribution in [0, 0.1) is 5.82 Å². The molecule has 4 rings (SSSR count). The second-order valence-corrected chi connectivity index (χ2v) is 11.0. The van der Waals surface area contributed by atoms with Gasteiger partial charge in [0.15, 0.2) is 15.7 Å². The van der Waals surface area contributed by atoms with Crippen molar-refractivity contribution >= 4 is 33.2 Å². The quantitative estimate of drug-likeness (QED) is 0.244. The summed E-state index contributed by atoms with van der Waals surface area (Å²) in [4.78, 5) is 26.9. The van der Waals surface area contributed by atoms with E-state index in [4.69, 9.17) is 9.47 Å². The monoisotopic (exact) mass is 556 g/mol. The molecule has 206 valence electrons. The molecule has 1 aliphatic rings. The van der Waals surface area contributed by atoms with Gasteiger partial charge in [-0.15, -0.1) is 0 Å². The topological polar surface area (TPSA) is 135 Å². The zero-order chi connectivity index (χ0) is 27.8. The van der Waals surface area contributed by atoms with Gasteiger partial charge in [0.05, 0.1) is 31.9 Å². The number of methoxy groups -OCH3 is 2. The molecule has 1 fully saturated rings. The van der Waals surface area contributed by atoms with Crippen molar-refractivity contribution in [1.82, 2.24) is 20.8 Å².